The molecule has 1 saturated heterocycles. The predicted molar refractivity (Wildman–Crippen MR) is 143 cm³/mol. The van der Waals surface area contributed by atoms with E-state index < -0.39 is 61.3 Å². The van der Waals surface area contributed by atoms with Gasteiger partial charge in [0.05, 0.1) is 15.7 Å². The van der Waals surface area contributed by atoms with Crippen LogP contribution in [0.25, 0.3) is 21.3 Å². The molecular weight excluding hydrogens is 593 g/mol. The van der Waals surface area contributed by atoms with Crippen LogP contribution in [0.15, 0.2) is 21.4 Å². The Morgan fingerprint density at radius 3 is 2.35 bits per heavy atom. The summed E-state index contributed by atoms with van der Waals surface area (Å²) in [6.07, 6.45) is -1.06. The summed E-state index contributed by atoms with van der Waals surface area (Å²) in [5.74, 6) is -5.38. The second kappa shape index (κ2) is 10.4. The van der Waals surface area contributed by atoms with E-state index in [4.69, 9.17) is 16.0 Å². The fourth-order valence-corrected chi connectivity index (χ4v) is 7.41. The Labute approximate surface area is 238 Å². The maximum atomic E-state index is 15.5. The summed E-state index contributed by atoms with van der Waals surface area (Å²) < 4.78 is 74.3. The number of carbonyl (C=O) groups excluding carboxylic acids is 1. The Morgan fingerprint density at radius 1 is 1.18 bits per heavy atom. The number of piperidine rings is 1. The lowest BCUT2D eigenvalue weighted by atomic mass is 10.0. The number of carbonyl (C=O) groups is 1. The molecule has 3 heterocycles. The number of halogens is 4. The fraction of sp³-hybridized carbons (Fsp3) is 0.520. The maximum Gasteiger partial charge on any atom is 0.276 e. The summed E-state index contributed by atoms with van der Waals surface area (Å²) in [6, 6.07) is 2.35. The van der Waals surface area contributed by atoms with Gasteiger partial charge in [0.1, 0.15) is 16.2 Å². The van der Waals surface area contributed by atoms with Crippen molar-refractivity contribution in [2.24, 2.45) is 5.41 Å². The number of likely N-dealkylation sites (tertiary alicyclic amines) is 1. The number of amides is 1. The zero-order valence-electron chi connectivity index (χ0n) is 22.4. The van der Waals surface area contributed by atoms with E-state index in [1.165, 1.54) is 24.8 Å². The average Bonchev–Trinajstić information content (AvgIpc) is 3.46. The van der Waals surface area contributed by atoms with Gasteiger partial charge in [-0.25, -0.2) is 26.6 Å². The molecule has 1 aliphatic heterocycles. The van der Waals surface area contributed by atoms with Crippen LogP contribution in [-0.4, -0.2) is 64.3 Å². The molecule has 1 amide bonds. The first-order valence-corrected chi connectivity index (χ1v) is 15.1. The van der Waals surface area contributed by atoms with Crippen LogP contribution < -0.4 is 0 Å². The summed E-state index contributed by atoms with van der Waals surface area (Å²) in [4.78, 5) is 18.5. The zero-order chi connectivity index (χ0) is 29.8. The number of aliphatic hydroxyl groups is 1. The molecule has 0 spiro atoms. The van der Waals surface area contributed by atoms with E-state index >= 15 is 4.39 Å². The Kier molecular flexibility index (Phi) is 7.89. The SMILES string of the molecule is CC(C)(C)CS(=O)(=O)c1ccc(-c2sc(-c3nnc(C(C)(C)O)o3)nc2C(=O)N2CCC(F)(F)CC2)c(Cl)c1F. The Morgan fingerprint density at radius 2 is 1.80 bits per heavy atom. The van der Waals surface area contributed by atoms with Gasteiger partial charge >= 0.3 is 0 Å². The van der Waals surface area contributed by atoms with E-state index in [-0.39, 0.29) is 51.8 Å². The van der Waals surface area contributed by atoms with Crippen molar-refractivity contribution in [3.8, 4) is 21.3 Å². The highest BCUT2D eigenvalue weighted by atomic mass is 35.5. The average molecular weight is 621 g/mol. The summed E-state index contributed by atoms with van der Waals surface area (Å²) in [7, 11) is -4.05. The van der Waals surface area contributed by atoms with Crippen LogP contribution in [0.1, 0.15) is 63.8 Å². The minimum absolute atomic E-state index is 0.0226. The van der Waals surface area contributed by atoms with E-state index in [9.17, 15) is 27.1 Å². The minimum atomic E-state index is -4.05. The quantitative estimate of drug-likeness (QED) is 0.379. The van der Waals surface area contributed by atoms with Crippen LogP contribution >= 0.6 is 22.9 Å². The number of aromatic nitrogens is 3. The van der Waals surface area contributed by atoms with Crippen molar-refractivity contribution < 1.29 is 35.9 Å². The van der Waals surface area contributed by atoms with E-state index in [1.54, 1.807) is 20.8 Å². The lowest BCUT2D eigenvalue weighted by Gasteiger charge is -2.31. The Bertz CT molecular complexity index is 1550. The van der Waals surface area contributed by atoms with Gasteiger partial charge in [0.15, 0.2) is 20.7 Å². The molecule has 3 aromatic rings. The van der Waals surface area contributed by atoms with Gasteiger partial charge < -0.3 is 14.4 Å². The number of hydrogen-bond donors (Lipinski definition) is 1. The standard InChI is InChI=1S/C25H28ClF3N4O5S2/c1-23(2,3)12-40(36,37)14-7-6-13(15(26)16(14)27)18-17(21(34)33-10-8-25(28,29)9-11-33)30-20(39-18)19-31-32-22(38-19)24(4,5)35/h6-7,35H,8-12H2,1-5H3. The van der Waals surface area contributed by atoms with Crippen LogP contribution in [-0.2, 0) is 15.4 Å². The van der Waals surface area contributed by atoms with Crippen LogP contribution in [0.2, 0.25) is 5.02 Å². The summed E-state index contributed by atoms with van der Waals surface area (Å²) in [5.41, 5.74) is -2.37. The summed E-state index contributed by atoms with van der Waals surface area (Å²) in [6.45, 7) is 7.50. The number of hydrogen-bond acceptors (Lipinski definition) is 9. The first kappa shape index (κ1) is 30.4. The lowest BCUT2D eigenvalue weighted by molar-refractivity contribution is -0.0494. The molecule has 2 aromatic heterocycles. The number of benzene rings is 1. The second-order valence-corrected chi connectivity index (χ2v) is 14.7. The summed E-state index contributed by atoms with van der Waals surface area (Å²) >= 11 is 7.20. The molecule has 218 valence electrons. The maximum absolute atomic E-state index is 15.5. The van der Waals surface area contributed by atoms with Crippen molar-refractivity contribution in [3.05, 3.63) is 34.6 Å². The molecule has 40 heavy (non-hydrogen) atoms. The van der Waals surface area contributed by atoms with Gasteiger partial charge in [-0.15, -0.1) is 21.5 Å². The van der Waals surface area contributed by atoms with Gasteiger partial charge in [-0.3, -0.25) is 4.79 Å². The molecule has 0 aliphatic carbocycles. The van der Waals surface area contributed by atoms with Gasteiger partial charge in [-0.1, -0.05) is 38.4 Å². The number of alkyl halides is 2. The molecule has 1 aliphatic rings. The molecule has 9 nitrogen and oxygen atoms in total. The number of thiazole rings is 1. The van der Waals surface area contributed by atoms with Gasteiger partial charge in [0, 0.05) is 31.5 Å². The molecule has 1 N–H and O–H groups in total. The van der Waals surface area contributed by atoms with Crippen molar-refractivity contribution in [2.75, 3.05) is 18.8 Å². The third kappa shape index (κ3) is 6.34. The molecular formula is C25H28ClF3N4O5S2. The fourth-order valence-electron chi connectivity index (χ4n) is 4.08. The molecule has 15 heteroatoms. The second-order valence-electron chi connectivity index (χ2n) is 11.4. The molecule has 0 atom stereocenters. The molecule has 0 unspecified atom stereocenters. The van der Waals surface area contributed by atoms with Gasteiger partial charge in [0.2, 0.25) is 5.89 Å². The lowest BCUT2D eigenvalue weighted by Crippen LogP contribution is -2.43. The molecule has 0 saturated carbocycles. The van der Waals surface area contributed by atoms with Crippen LogP contribution in [0.3, 0.4) is 0 Å². The van der Waals surface area contributed by atoms with E-state index in [0.29, 0.717) is 0 Å². The van der Waals surface area contributed by atoms with E-state index in [1.807, 2.05) is 0 Å². The molecule has 1 fully saturated rings. The van der Waals surface area contributed by atoms with Crippen molar-refractivity contribution in [1.82, 2.24) is 20.1 Å². The van der Waals surface area contributed by atoms with Crippen LogP contribution in [0, 0.1) is 11.2 Å². The van der Waals surface area contributed by atoms with Crippen LogP contribution in [0.4, 0.5) is 13.2 Å². The third-order valence-electron chi connectivity index (χ3n) is 5.99. The zero-order valence-corrected chi connectivity index (χ0v) is 24.8. The number of rotatable bonds is 6. The molecule has 0 bridgehead atoms. The van der Waals surface area contributed by atoms with Crippen molar-refractivity contribution >= 4 is 38.7 Å². The minimum Gasteiger partial charge on any atom is -0.415 e. The van der Waals surface area contributed by atoms with E-state index in [0.717, 1.165) is 17.4 Å². The van der Waals surface area contributed by atoms with Gasteiger partial charge in [-0.2, -0.15) is 0 Å². The van der Waals surface area contributed by atoms with Crippen LogP contribution in [0.5, 0.6) is 0 Å². The van der Waals surface area contributed by atoms with Crippen molar-refractivity contribution in [2.45, 2.75) is 63.9 Å². The molecule has 4 rings (SSSR count). The molecule has 0 radical (unpaired) electrons. The summed E-state index contributed by atoms with van der Waals surface area (Å²) in [5, 5.41) is 17.3. The third-order valence-corrected chi connectivity index (χ3v) is 9.67. The first-order chi connectivity index (χ1) is 18.3. The number of nitrogens with zero attached hydrogens (tertiary/aromatic N) is 4. The highest BCUT2D eigenvalue weighted by Gasteiger charge is 2.38. The van der Waals surface area contributed by atoms with E-state index in [2.05, 4.69) is 15.2 Å². The Balaban J connectivity index is 1.82. The Hall–Kier alpha value is -2.55. The predicted octanol–water partition coefficient (Wildman–Crippen LogP) is 5.57. The smallest absolute Gasteiger partial charge is 0.276 e. The topological polar surface area (TPSA) is 126 Å². The largest absolute Gasteiger partial charge is 0.415 e. The monoisotopic (exact) mass is 620 g/mol. The van der Waals surface area contributed by atoms with Gasteiger partial charge in [-0.05, 0) is 25.3 Å². The highest BCUT2D eigenvalue weighted by Crippen LogP contribution is 2.42. The normalized spacial score (nSPS) is 16.4. The number of sulfone groups is 1. The van der Waals surface area contributed by atoms with Crippen molar-refractivity contribution in [3.63, 3.8) is 0 Å². The first-order valence-electron chi connectivity index (χ1n) is 12.2. The van der Waals surface area contributed by atoms with Gasteiger partial charge in [0.25, 0.3) is 17.7 Å². The highest BCUT2D eigenvalue weighted by molar-refractivity contribution is 7.91. The van der Waals surface area contributed by atoms with Crippen molar-refractivity contribution in [1.29, 1.82) is 0 Å². The molecule has 1 aromatic carbocycles.